The second-order valence-electron chi connectivity index (χ2n) is 3.89. The van der Waals surface area contributed by atoms with Crippen LogP contribution in [0.15, 0.2) is 18.2 Å². The number of hydrogen-bond acceptors (Lipinski definition) is 2. The molecule has 2 atom stereocenters. The first-order valence-electron chi connectivity index (χ1n) is 5.09. The topological polar surface area (TPSA) is 53.1 Å². The van der Waals surface area contributed by atoms with E-state index in [0.717, 1.165) is 0 Å². The van der Waals surface area contributed by atoms with E-state index in [4.69, 9.17) is 27.9 Å². The average molecular weight is 276 g/mol. The van der Waals surface area contributed by atoms with Gasteiger partial charge in [-0.25, -0.2) is 4.79 Å². The fourth-order valence-electron chi connectivity index (χ4n) is 1.70. The van der Waals surface area contributed by atoms with Gasteiger partial charge in [0.15, 0.2) is 0 Å². The number of ether oxygens (including phenoxy) is 1. The molecule has 1 heterocycles. The lowest BCUT2D eigenvalue weighted by molar-refractivity contribution is 0.197. The van der Waals surface area contributed by atoms with Crippen LogP contribution in [0.4, 0.5) is 10.5 Å². The Kier molecular flexibility index (Phi) is 3.47. The summed E-state index contributed by atoms with van der Waals surface area (Å²) in [4.78, 5) is 12.5. The van der Waals surface area contributed by atoms with Crippen LogP contribution in [0.1, 0.15) is 6.92 Å². The van der Waals surface area contributed by atoms with E-state index in [1.807, 2.05) is 0 Å². The van der Waals surface area contributed by atoms with Crippen molar-refractivity contribution in [3.63, 3.8) is 0 Å². The number of halogens is 2. The van der Waals surface area contributed by atoms with Gasteiger partial charge in [-0.05, 0) is 25.1 Å². The van der Waals surface area contributed by atoms with Crippen LogP contribution in [0.2, 0.25) is 10.0 Å². The summed E-state index contributed by atoms with van der Waals surface area (Å²) >= 11 is 11.7. The Morgan fingerprint density at radius 1 is 1.47 bits per heavy atom. The molecule has 0 aliphatic carbocycles. The fourth-order valence-corrected chi connectivity index (χ4v) is 2.21. The van der Waals surface area contributed by atoms with E-state index in [2.05, 4.69) is 0 Å². The molecule has 6 heteroatoms. The van der Waals surface area contributed by atoms with Gasteiger partial charge >= 0.3 is 6.09 Å². The summed E-state index contributed by atoms with van der Waals surface area (Å²) in [6.07, 6.45) is -1.10. The third kappa shape index (κ3) is 2.83. The predicted molar refractivity (Wildman–Crippen MR) is 66.2 cm³/mol. The van der Waals surface area contributed by atoms with E-state index < -0.39 is 6.09 Å². The standard InChI is InChI=1S/C11H11Cl2NO3/c1-6(10-5-17-10)14(11(15)16)9-3-7(12)2-8(13)4-9/h2-4,6,10H,5H2,1H3,(H,15,16). The third-order valence-electron chi connectivity index (χ3n) is 2.64. The summed E-state index contributed by atoms with van der Waals surface area (Å²) in [5.74, 6) is 0. The van der Waals surface area contributed by atoms with Gasteiger partial charge in [0, 0.05) is 10.0 Å². The minimum atomic E-state index is -1.05. The van der Waals surface area contributed by atoms with Crippen molar-refractivity contribution in [2.75, 3.05) is 11.5 Å². The molecule has 1 aromatic carbocycles. The first-order chi connectivity index (χ1) is 7.99. The van der Waals surface area contributed by atoms with E-state index in [1.165, 1.54) is 4.90 Å². The van der Waals surface area contributed by atoms with Gasteiger partial charge in [0.2, 0.25) is 0 Å². The van der Waals surface area contributed by atoms with Crippen LogP contribution in [0.5, 0.6) is 0 Å². The maximum absolute atomic E-state index is 11.3. The number of rotatable bonds is 3. The summed E-state index contributed by atoms with van der Waals surface area (Å²) < 4.78 is 5.11. The number of nitrogens with zero attached hydrogens (tertiary/aromatic N) is 1. The number of carbonyl (C=O) groups is 1. The number of benzene rings is 1. The molecule has 4 nitrogen and oxygen atoms in total. The van der Waals surface area contributed by atoms with E-state index in [1.54, 1.807) is 25.1 Å². The fraction of sp³-hybridized carbons (Fsp3) is 0.364. The van der Waals surface area contributed by atoms with Crippen LogP contribution < -0.4 is 4.90 Å². The molecule has 1 fully saturated rings. The highest BCUT2D eigenvalue weighted by molar-refractivity contribution is 6.35. The van der Waals surface area contributed by atoms with Gasteiger partial charge in [-0.2, -0.15) is 0 Å². The van der Waals surface area contributed by atoms with E-state index in [0.29, 0.717) is 22.3 Å². The Hall–Kier alpha value is -0.970. The Bertz CT molecular complexity index is 428. The number of carboxylic acid groups (broad SMARTS) is 1. The van der Waals surface area contributed by atoms with Gasteiger partial charge in [0.1, 0.15) is 6.10 Å². The zero-order chi connectivity index (χ0) is 12.6. The van der Waals surface area contributed by atoms with E-state index in [9.17, 15) is 9.90 Å². The molecule has 2 unspecified atom stereocenters. The minimum Gasteiger partial charge on any atom is -0.465 e. The Balaban J connectivity index is 2.34. The number of hydrogen-bond donors (Lipinski definition) is 1. The second kappa shape index (κ2) is 4.72. The Morgan fingerprint density at radius 2 is 2.00 bits per heavy atom. The average Bonchev–Trinajstić information content (AvgIpc) is 2.97. The number of anilines is 1. The van der Waals surface area contributed by atoms with Crippen molar-refractivity contribution >= 4 is 35.0 Å². The van der Waals surface area contributed by atoms with Gasteiger partial charge in [-0.3, -0.25) is 4.90 Å². The molecule has 1 aliphatic heterocycles. The van der Waals surface area contributed by atoms with Crippen LogP contribution in [0.3, 0.4) is 0 Å². The highest BCUT2D eigenvalue weighted by atomic mass is 35.5. The molecule has 0 saturated carbocycles. The molecule has 0 bridgehead atoms. The van der Waals surface area contributed by atoms with Crippen molar-refractivity contribution in [3.8, 4) is 0 Å². The maximum atomic E-state index is 11.3. The molecule has 17 heavy (non-hydrogen) atoms. The Morgan fingerprint density at radius 3 is 2.41 bits per heavy atom. The SMILES string of the molecule is CC(C1CO1)N(C(=O)O)c1cc(Cl)cc(Cl)c1. The summed E-state index contributed by atoms with van der Waals surface area (Å²) in [6.45, 7) is 2.37. The van der Waals surface area contributed by atoms with Crippen molar-refractivity contribution in [2.45, 2.75) is 19.1 Å². The van der Waals surface area contributed by atoms with Gasteiger partial charge in [-0.1, -0.05) is 23.2 Å². The van der Waals surface area contributed by atoms with Gasteiger partial charge in [0.05, 0.1) is 18.3 Å². The lowest BCUT2D eigenvalue weighted by Crippen LogP contribution is -2.41. The minimum absolute atomic E-state index is 0.0520. The molecule has 1 N–H and O–H groups in total. The molecule has 0 spiro atoms. The molecule has 92 valence electrons. The number of amides is 1. The van der Waals surface area contributed by atoms with E-state index in [-0.39, 0.29) is 12.1 Å². The number of epoxide rings is 1. The van der Waals surface area contributed by atoms with Crippen molar-refractivity contribution in [1.82, 2.24) is 0 Å². The first-order valence-corrected chi connectivity index (χ1v) is 5.84. The molecule has 1 saturated heterocycles. The largest absolute Gasteiger partial charge is 0.465 e. The van der Waals surface area contributed by atoms with Crippen LogP contribution in [-0.4, -0.2) is 30.0 Å². The molecular weight excluding hydrogens is 265 g/mol. The van der Waals surface area contributed by atoms with Crippen LogP contribution in [0.25, 0.3) is 0 Å². The van der Waals surface area contributed by atoms with Crippen molar-refractivity contribution in [2.24, 2.45) is 0 Å². The highest BCUT2D eigenvalue weighted by Crippen LogP contribution is 2.30. The lowest BCUT2D eigenvalue weighted by Gasteiger charge is -2.25. The van der Waals surface area contributed by atoms with Crippen molar-refractivity contribution in [1.29, 1.82) is 0 Å². The van der Waals surface area contributed by atoms with Gasteiger partial charge in [-0.15, -0.1) is 0 Å². The molecule has 1 amide bonds. The summed E-state index contributed by atoms with van der Waals surface area (Å²) in [5, 5.41) is 10.1. The monoisotopic (exact) mass is 275 g/mol. The molecule has 0 radical (unpaired) electrons. The predicted octanol–water partition coefficient (Wildman–Crippen LogP) is 3.27. The summed E-state index contributed by atoms with van der Waals surface area (Å²) in [6, 6.07) is 4.44. The highest BCUT2D eigenvalue weighted by Gasteiger charge is 2.36. The van der Waals surface area contributed by atoms with Crippen LogP contribution >= 0.6 is 23.2 Å². The maximum Gasteiger partial charge on any atom is 0.412 e. The normalized spacial score (nSPS) is 19.8. The second-order valence-corrected chi connectivity index (χ2v) is 4.77. The smallest absolute Gasteiger partial charge is 0.412 e. The third-order valence-corrected chi connectivity index (χ3v) is 3.07. The summed E-state index contributed by atoms with van der Waals surface area (Å²) in [7, 11) is 0. The molecular formula is C11H11Cl2NO3. The van der Waals surface area contributed by atoms with Gasteiger partial charge < -0.3 is 9.84 Å². The molecule has 1 aliphatic rings. The Labute approximate surface area is 109 Å². The lowest BCUT2D eigenvalue weighted by atomic mass is 10.2. The van der Waals surface area contributed by atoms with Crippen molar-refractivity contribution in [3.05, 3.63) is 28.2 Å². The quantitative estimate of drug-likeness (QED) is 0.862. The van der Waals surface area contributed by atoms with Crippen molar-refractivity contribution < 1.29 is 14.6 Å². The van der Waals surface area contributed by atoms with Crippen LogP contribution in [0, 0.1) is 0 Å². The zero-order valence-corrected chi connectivity index (χ0v) is 10.6. The zero-order valence-electron chi connectivity index (χ0n) is 9.06. The molecule has 0 aromatic heterocycles. The first kappa shape index (κ1) is 12.5. The molecule has 1 aromatic rings. The molecule has 2 rings (SSSR count). The van der Waals surface area contributed by atoms with E-state index >= 15 is 0 Å². The van der Waals surface area contributed by atoms with Gasteiger partial charge in [0.25, 0.3) is 0 Å². The van der Waals surface area contributed by atoms with Crippen LogP contribution in [-0.2, 0) is 4.74 Å². The summed E-state index contributed by atoms with van der Waals surface area (Å²) in [5.41, 5.74) is 0.456.